The Morgan fingerprint density at radius 2 is 1.83 bits per heavy atom. The quantitative estimate of drug-likeness (QED) is 0.416. The molecule has 0 atom stereocenters. The molecule has 0 N–H and O–H groups in total. The Kier molecular flexibility index (Phi) is 5.36. The number of hydrogen-bond acceptors (Lipinski definition) is 8. The number of carbonyl (C=O) groups is 2. The number of carbonyl (C=O) groups excluding carboxylic acids is 2. The van der Waals surface area contributed by atoms with E-state index >= 15 is 0 Å². The average Bonchev–Trinajstić information content (AvgIpc) is 3.30. The zero-order valence-corrected chi connectivity index (χ0v) is 16.1. The summed E-state index contributed by atoms with van der Waals surface area (Å²) < 4.78 is 11.1. The number of nitrogens with zero attached hydrogens (tertiary/aromatic N) is 3. The highest BCUT2D eigenvalue weighted by atomic mass is 32.2. The number of hydrogen-bond donors (Lipinski definition) is 0. The van der Waals surface area contributed by atoms with Crippen molar-refractivity contribution in [1.82, 2.24) is 4.90 Å². The second-order valence-corrected chi connectivity index (χ2v) is 7.46. The van der Waals surface area contributed by atoms with E-state index in [0.29, 0.717) is 30.4 Å². The van der Waals surface area contributed by atoms with Gasteiger partial charge in [0.15, 0.2) is 5.88 Å². The van der Waals surface area contributed by atoms with Gasteiger partial charge in [0.2, 0.25) is 0 Å². The minimum absolute atomic E-state index is 0.0447. The Labute approximate surface area is 170 Å². The summed E-state index contributed by atoms with van der Waals surface area (Å²) in [6.45, 7) is 2.80. The van der Waals surface area contributed by atoms with Gasteiger partial charge in [-0.1, -0.05) is 12.1 Å². The molecule has 2 aliphatic heterocycles. The largest absolute Gasteiger partial charge is 0.441 e. The van der Waals surface area contributed by atoms with Crippen LogP contribution in [0.25, 0.3) is 6.08 Å². The number of amides is 2. The van der Waals surface area contributed by atoms with E-state index in [1.807, 2.05) is 6.07 Å². The van der Waals surface area contributed by atoms with Crippen LogP contribution >= 0.6 is 11.8 Å². The van der Waals surface area contributed by atoms with Crippen molar-refractivity contribution in [2.75, 3.05) is 31.2 Å². The highest BCUT2D eigenvalue weighted by Crippen LogP contribution is 2.34. The predicted molar refractivity (Wildman–Crippen MR) is 106 cm³/mol. The fraction of sp³-hybridized carbons (Fsp3) is 0.263. The third-order valence-electron chi connectivity index (χ3n) is 4.57. The molecule has 10 heteroatoms. The van der Waals surface area contributed by atoms with Crippen molar-refractivity contribution >= 4 is 40.6 Å². The minimum atomic E-state index is -0.499. The minimum Gasteiger partial charge on any atom is -0.441 e. The third-order valence-corrected chi connectivity index (χ3v) is 5.48. The number of ether oxygens (including phenoxy) is 1. The van der Waals surface area contributed by atoms with Crippen molar-refractivity contribution < 1.29 is 23.7 Å². The number of non-ortho nitro benzene ring substituents is 1. The van der Waals surface area contributed by atoms with Crippen LogP contribution in [0.2, 0.25) is 0 Å². The van der Waals surface area contributed by atoms with Crippen LogP contribution in [0.5, 0.6) is 0 Å². The SMILES string of the molecule is O=C1S/C(=C\c2ccc(N3CCOCC3)o2)C(=O)N1Cc1ccc([N+](=O)[O-])cc1. The first kappa shape index (κ1) is 19.2. The number of nitro benzene ring substituents is 1. The molecule has 9 nitrogen and oxygen atoms in total. The summed E-state index contributed by atoms with van der Waals surface area (Å²) in [5.41, 5.74) is 0.587. The zero-order valence-electron chi connectivity index (χ0n) is 15.3. The molecule has 0 spiro atoms. The molecule has 0 radical (unpaired) electrons. The summed E-state index contributed by atoms with van der Waals surface area (Å²) in [7, 11) is 0. The number of morpholine rings is 1. The van der Waals surface area contributed by atoms with Gasteiger partial charge in [-0.15, -0.1) is 0 Å². The van der Waals surface area contributed by atoms with Crippen molar-refractivity contribution in [3.63, 3.8) is 0 Å². The summed E-state index contributed by atoms with van der Waals surface area (Å²) >= 11 is 0.845. The first-order valence-corrected chi connectivity index (χ1v) is 9.74. The maximum Gasteiger partial charge on any atom is 0.293 e. The number of thioether (sulfide) groups is 1. The molecule has 0 bridgehead atoms. The van der Waals surface area contributed by atoms with Crippen LogP contribution in [0.4, 0.5) is 16.4 Å². The predicted octanol–water partition coefficient (Wildman–Crippen LogP) is 3.26. The molecular formula is C19H17N3O6S. The Morgan fingerprint density at radius 3 is 2.52 bits per heavy atom. The number of furan rings is 1. The van der Waals surface area contributed by atoms with Crippen LogP contribution in [0.3, 0.4) is 0 Å². The Hall–Kier alpha value is -3.11. The van der Waals surface area contributed by atoms with Crippen molar-refractivity contribution in [3.8, 4) is 0 Å². The zero-order chi connectivity index (χ0) is 20.4. The van der Waals surface area contributed by atoms with Crippen molar-refractivity contribution in [2.24, 2.45) is 0 Å². The lowest BCUT2D eigenvalue weighted by atomic mass is 10.2. The van der Waals surface area contributed by atoms with Crippen molar-refractivity contribution in [3.05, 3.63) is 62.7 Å². The van der Waals surface area contributed by atoms with Gasteiger partial charge in [-0.3, -0.25) is 24.6 Å². The van der Waals surface area contributed by atoms with E-state index in [1.54, 1.807) is 12.1 Å². The van der Waals surface area contributed by atoms with E-state index in [-0.39, 0.29) is 22.4 Å². The molecule has 1 aromatic carbocycles. The number of imide groups is 1. The van der Waals surface area contributed by atoms with Gasteiger partial charge in [-0.25, -0.2) is 0 Å². The normalized spacial score (nSPS) is 18.7. The highest BCUT2D eigenvalue weighted by molar-refractivity contribution is 8.18. The Balaban J connectivity index is 1.46. The van der Waals surface area contributed by atoms with Gasteiger partial charge in [0.25, 0.3) is 16.8 Å². The fourth-order valence-corrected chi connectivity index (χ4v) is 3.86. The maximum absolute atomic E-state index is 12.6. The van der Waals surface area contributed by atoms with Gasteiger partial charge < -0.3 is 14.1 Å². The van der Waals surface area contributed by atoms with E-state index in [2.05, 4.69) is 4.90 Å². The van der Waals surface area contributed by atoms with Gasteiger partial charge in [0.1, 0.15) is 5.76 Å². The van der Waals surface area contributed by atoms with Crippen molar-refractivity contribution in [2.45, 2.75) is 6.54 Å². The van der Waals surface area contributed by atoms with Crippen LogP contribution in [0.1, 0.15) is 11.3 Å². The Bertz CT molecular complexity index is 978. The van der Waals surface area contributed by atoms with Gasteiger partial charge >= 0.3 is 0 Å². The van der Waals surface area contributed by atoms with E-state index in [4.69, 9.17) is 9.15 Å². The molecule has 2 aromatic rings. The standard InChI is InChI=1S/C19H17N3O6S/c23-18-16(11-15-5-6-17(28-15)20-7-9-27-10-8-20)29-19(24)21(18)12-13-1-3-14(4-2-13)22(25)26/h1-6,11H,7-10,12H2/b16-11-. The lowest BCUT2D eigenvalue weighted by Gasteiger charge is -2.26. The molecule has 4 rings (SSSR count). The first-order chi connectivity index (χ1) is 14.0. The van der Waals surface area contributed by atoms with Gasteiger partial charge in [-0.05, 0) is 23.4 Å². The van der Waals surface area contributed by atoms with Gasteiger partial charge in [-0.2, -0.15) is 0 Å². The Morgan fingerprint density at radius 1 is 1.10 bits per heavy atom. The third kappa shape index (κ3) is 4.17. The highest BCUT2D eigenvalue weighted by Gasteiger charge is 2.35. The molecule has 2 fully saturated rings. The fourth-order valence-electron chi connectivity index (χ4n) is 3.04. The number of rotatable bonds is 5. The topological polar surface area (TPSA) is 106 Å². The van der Waals surface area contributed by atoms with E-state index < -0.39 is 10.8 Å². The van der Waals surface area contributed by atoms with Crippen LogP contribution < -0.4 is 4.90 Å². The number of nitro groups is 1. The number of anilines is 1. The molecule has 2 amide bonds. The lowest BCUT2D eigenvalue weighted by molar-refractivity contribution is -0.384. The second kappa shape index (κ2) is 8.10. The lowest BCUT2D eigenvalue weighted by Crippen LogP contribution is -2.35. The van der Waals surface area contributed by atoms with Gasteiger partial charge in [0, 0.05) is 37.4 Å². The molecular weight excluding hydrogens is 398 g/mol. The molecule has 0 aliphatic carbocycles. The molecule has 0 unspecified atom stereocenters. The van der Waals surface area contributed by atoms with E-state index in [9.17, 15) is 19.7 Å². The summed E-state index contributed by atoms with van der Waals surface area (Å²) in [4.78, 5) is 38.6. The van der Waals surface area contributed by atoms with Crippen LogP contribution in [-0.2, 0) is 16.1 Å². The van der Waals surface area contributed by atoms with Crippen LogP contribution in [0.15, 0.2) is 45.7 Å². The van der Waals surface area contributed by atoms with E-state index in [0.717, 1.165) is 29.8 Å². The molecule has 2 saturated heterocycles. The first-order valence-electron chi connectivity index (χ1n) is 8.92. The molecule has 29 heavy (non-hydrogen) atoms. The molecule has 3 heterocycles. The smallest absolute Gasteiger partial charge is 0.293 e. The van der Waals surface area contributed by atoms with Crippen LogP contribution in [-0.4, -0.2) is 47.3 Å². The average molecular weight is 415 g/mol. The second-order valence-electron chi connectivity index (χ2n) is 6.47. The van der Waals surface area contributed by atoms with Crippen LogP contribution in [0, 0.1) is 10.1 Å². The summed E-state index contributed by atoms with van der Waals surface area (Å²) in [6.07, 6.45) is 1.56. The van der Waals surface area contributed by atoms with E-state index in [1.165, 1.54) is 24.3 Å². The van der Waals surface area contributed by atoms with Gasteiger partial charge in [0.05, 0.1) is 29.6 Å². The summed E-state index contributed by atoms with van der Waals surface area (Å²) in [5.74, 6) is 0.777. The molecule has 0 saturated carbocycles. The van der Waals surface area contributed by atoms with Crippen molar-refractivity contribution in [1.29, 1.82) is 0 Å². The molecule has 150 valence electrons. The summed E-state index contributed by atoms with van der Waals surface area (Å²) in [6, 6.07) is 9.35. The number of benzene rings is 1. The maximum atomic E-state index is 12.6. The monoisotopic (exact) mass is 415 g/mol. The molecule has 2 aliphatic rings. The molecule has 1 aromatic heterocycles. The summed E-state index contributed by atoms with van der Waals surface area (Å²) in [5, 5.41) is 10.3.